The van der Waals surface area contributed by atoms with Gasteiger partial charge in [-0.15, -0.1) is 0 Å². The van der Waals surface area contributed by atoms with Crippen LogP contribution in [0.4, 0.5) is 17.1 Å². The molecule has 0 bridgehead atoms. The number of benzene rings is 3. The zero-order valence-electron chi connectivity index (χ0n) is 19.3. The van der Waals surface area contributed by atoms with E-state index in [2.05, 4.69) is 5.32 Å². The van der Waals surface area contributed by atoms with E-state index in [4.69, 9.17) is 4.74 Å². The van der Waals surface area contributed by atoms with Gasteiger partial charge < -0.3 is 15.0 Å². The van der Waals surface area contributed by atoms with Gasteiger partial charge in [-0.2, -0.15) is 0 Å². The normalized spacial score (nSPS) is 13.5. The molecule has 0 aliphatic carbocycles. The number of rotatable bonds is 7. The summed E-state index contributed by atoms with van der Waals surface area (Å²) in [6.07, 6.45) is 0. The summed E-state index contributed by atoms with van der Waals surface area (Å²) in [4.78, 5) is 30.3. The third-order valence-electron chi connectivity index (χ3n) is 5.46. The van der Waals surface area contributed by atoms with E-state index < -0.39 is 5.91 Å². The van der Waals surface area contributed by atoms with Crippen molar-refractivity contribution in [3.05, 3.63) is 89.6 Å². The van der Waals surface area contributed by atoms with Crippen molar-refractivity contribution in [2.24, 2.45) is 0 Å². The van der Waals surface area contributed by atoms with Crippen molar-refractivity contribution in [1.29, 1.82) is 0 Å². The number of aryl methyl sites for hydroxylation is 1. The van der Waals surface area contributed by atoms with Gasteiger partial charge in [0.05, 0.1) is 17.9 Å². The Morgan fingerprint density at radius 3 is 2.24 bits per heavy atom. The fourth-order valence-electron chi connectivity index (χ4n) is 3.73. The Bertz CT molecular complexity index is 1210. The molecule has 6 heteroatoms. The summed E-state index contributed by atoms with van der Waals surface area (Å²) in [6.45, 7) is 4.37. The fourth-order valence-corrected chi connectivity index (χ4v) is 3.73. The summed E-state index contributed by atoms with van der Waals surface area (Å²) in [5, 5.41) is 3.21. The number of hydrogen-bond donors (Lipinski definition) is 1. The first-order valence-electron chi connectivity index (χ1n) is 10.9. The molecular formula is C27H27N3O3. The molecule has 3 aromatic rings. The lowest BCUT2D eigenvalue weighted by Gasteiger charge is -2.17. The quantitative estimate of drug-likeness (QED) is 0.531. The minimum absolute atomic E-state index is 0.253. The second kappa shape index (κ2) is 9.20. The third-order valence-corrected chi connectivity index (χ3v) is 5.46. The zero-order valence-corrected chi connectivity index (χ0v) is 19.3. The second-order valence-electron chi connectivity index (χ2n) is 8.06. The Balaban J connectivity index is 1.76. The van der Waals surface area contributed by atoms with Gasteiger partial charge in [0.1, 0.15) is 11.4 Å². The van der Waals surface area contributed by atoms with Gasteiger partial charge in [0.2, 0.25) is 0 Å². The smallest absolute Gasteiger partial charge is 0.282 e. The molecule has 0 saturated heterocycles. The SMILES string of the molecule is CCOc1cccc(N2C(=O)C(Nc3ccc(N(C)C)cc3)=C(c3ccc(C)cc3)C2=O)c1. The molecule has 0 atom stereocenters. The van der Waals surface area contributed by atoms with E-state index in [-0.39, 0.29) is 11.6 Å². The highest BCUT2D eigenvalue weighted by Gasteiger charge is 2.40. The number of carbonyl (C=O) groups excluding carboxylic acids is 2. The molecule has 0 radical (unpaired) electrons. The molecule has 4 rings (SSSR count). The molecule has 1 aliphatic heterocycles. The summed E-state index contributed by atoms with van der Waals surface area (Å²) in [5.74, 6) is -0.168. The molecule has 3 aromatic carbocycles. The van der Waals surface area contributed by atoms with Crippen LogP contribution in [0.25, 0.3) is 5.57 Å². The van der Waals surface area contributed by atoms with Crippen LogP contribution in [0.3, 0.4) is 0 Å². The Hall–Kier alpha value is -4.06. The maximum Gasteiger partial charge on any atom is 0.282 e. The Morgan fingerprint density at radius 1 is 0.909 bits per heavy atom. The van der Waals surface area contributed by atoms with Gasteiger partial charge in [-0.1, -0.05) is 35.9 Å². The summed E-state index contributed by atoms with van der Waals surface area (Å²) in [6, 6.07) is 22.3. The largest absolute Gasteiger partial charge is 0.494 e. The van der Waals surface area contributed by atoms with Crippen molar-refractivity contribution in [1.82, 2.24) is 0 Å². The van der Waals surface area contributed by atoms with Crippen LogP contribution < -0.4 is 19.9 Å². The molecule has 6 nitrogen and oxygen atoms in total. The summed E-state index contributed by atoms with van der Waals surface area (Å²) in [5.41, 5.74) is 4.60. The topological polar surface area (TPSA) is 61.9 Å². The summed E-state index contributed by atoms with van der Waals surface area (Å²) >= 11 is 0. The van der Waals surface area contributed by atoms with E-state index >= 15 is 0 Å². The molecule has 33 heavy (non-hydrogen) atoms. The highest BCUT2D eigenvalue weighted by Crippen LogP contribution is 2.35. The Labute approximate surface area is 194 Å². The highest BCUT2D eigenvalue weighted by atomic mass is 16.5. The van der Waals surface area contributed by atoms with Crippen LogP contribution in [0, 0.1) is 6.92 Å². The number of hydrogen-bond acceptors (Lipinski definition) is 5. The first-order valence-corrected chi connectivity index (χ1v) is 10.9. The standard InChI is InChI=1S/C27H27N3O3/c1-5-33-23-8-6-7-22(17-23)30-26(31)24(19-11-9-18(2)10-12-19)25(27(30)32)28-20-13-15-21(16-14-20)29(3)4/h6-17,28H,5H2,1-4H3. The van der Waals surface area contributed by atoms with Crippen LogP contribution in [0.1, 0.15) is 18.1 Å². The Morgan fingerprint density at radius 2 is 1.61 bits per heavy atom. The van der Waals surface area contributed by atoms with E-state index in [9.17, 15) is 9.59 Å². The predicted octanol–water partition coefficient (Wildman–Crippen LogP) is 4.86. The molecule has 1 N–H and O–H groups in total. The van der Waals surface area contributed by atoms with Gasteiger partial charge in [0.25, 0.3) is 11.8 Å². The number of ether oxygens (including phenoxy) is 1. The van der Waals surface area contributed by atoms with E-state index in [1.54, 1.807) is 24.3 Å². The van der Waals surface area contributed by atoms with E-state index in [0.29, 0.717) is 29.2 Å². The molecule has 0 aromatic heterocycles. The van der Waals surface area contributed by atoms with Crippen LogP contribution >= 0.6 is 0 Å². The van der Waals surface area contributed by atoms with Crippen LogP contribution in [-0.4, -0.2) is 32.5 Å². The number of nitrogens with one attached hydrogen (secondary N) is 1. The number of nitrogens with zero attached hydrogens (tertiary/aromatic N) is 2. The number of imide groups is 1. The molecule has 168 valence electrons. The molecular weight excluding hydrogens is 414 g/mol. The first kappa shape index (κ1) is 22.1. The predicted molar refractivity (Wildman–Crippen MR) is 133 cm³/mol. The number of anilines is 3. The van der Waals surface area contributed by atoms with Crippen molar-refractivity contribution in [2.45, 2.75) is 13.8 Å². The molecule has 1 aliphatic rings. The third kappa shape index (κ3) is 4.46. The maximum atomic E-state index is 13.6. The molecule has 0 saturated carbocycles. The Kier molecular flexibility index (Phi) is 6.18. The van der Waals surface area contributed by atoms with Crippen LogP contribution in [-0.2, 0) is 9.59 Å². The van der Waals surface area contributed by atoms with Gasteiger partial charge >= 0.3 is 0 Å². The molecule has 2 amide bonds. The van der Waals surface area contributed by atoms with E-state index in [1.165, 1.54) is 4.90 Å². The monoisotopic (exact) mass is 441 g/mol. The van der Waals surface area contributed by atoms with Crippen LogP contribution in [0.2, 0.25) is 0 Å². The minimum Gasteiger partial charge on any atom is -0.494 e. The fraction of sp³-hybridized carbons (Fsp3) is 0.185. The molecule has 0 unspecified atom stereocenters. The average molecular weight is 442 g/mol. The van der Waals surface area contributed by atoms with Gasteiger partial charge in [-0.25, -0.2) is 4.90 Å². The lowest BCUT2D eigenvalue weighted by Crippen LogP contribution is -2.32. The molecule has 1 heterocycles. The molecule has 0 spiro atoms. The van der Waals surface area contributed by atoms with Crippen molar-refractivity contribution in [3.8, 4) is 5.75 Å². The minimum atomic E-state index is -0.402. The van der Waals surface area contributed by atoms with Crippen LogP contribution in [0.15, 0.2) is 78.5 Å². The number of carbonyl (C=O) groups is 2. The van der Waals surface area contributed by atoms with E-state index in [0.717, 1.165) is 16.9 Å². The summed E-state index contributed by atoms with van der Waals surface area (Å²) < 4.78 is 5.57. The van der Waals surface area contributed by atoms with Gasteiger partial charge in [0, 0.05) is 31.5 Å². The van der Waals surface area contributed by atoms with Gasteiger partial charge in [0.15, 0.2) is 0 Å². The van der Waals surface area contributed by atoms with Crippen molar-refractivity contribution < 1.29 is 14.3 Å². The van der Waals surface area contributed by atoms with E-state index in [1.807, 2.05) is 81.4 Å². The van der Waals surface area contributed by atoms with Crippen LogP contribution in [0.5, 0.6) is 5.75 Å². The lowest BCUT2D eigenvalue weighted by atomic mass is 10.0. The van der Waals surface area contributed by atoms with Gasteiger partial charge in [-0.05, 0) is 55.8 Å². The van der Waals surface area contributed by atoms with Gasteiger partial charge in [-0.3, -0.25) is 9.59 Å². The molecule has 0 fully saturated rings. The first-order chi connectivity index (χ1) is 15.9. The van der Waals surface area contributed by atoms with Crippen molar-refractivity contribution in [2.75, 3.05) is 35.8 Å². The second-order valence-corrected chi connectivity index (χ2v) is 8.06. The maximum absolute atomic E-state index is 13.6. The average Bonchev–Trinajstić information content (AvgIpc) is 3.04. The summed E-state index contributed by atoms with van der Waals surface area (Å²) in [7, 11) is 3.93. The van der Waals surface area contributed by atoms with Crippen molar-refractivity contribution in [3.63, 3.8) is 0 Å². The zero-order chi connectivity index (χ0) is 23.5. The number of amides is 2. The van der Waals surface area contributed by atoms with Crippen molar-refractivity contribution >= 4 is 34.4 Å². The lowest BCUT2D eigenvalue weighted by molar-refractivity contribution is -0.120. The highest BCUT2D eigenvalue weighted by molar-refractivity contribution is 6.46.